The average Bonchev–Trinajstić information content (AvgIpc) is 2.86. The van der Waals surface area contributed by atoms with Crippen LogP contribution in [-0.4, -0.2) is 54.3 Å². The molecule has 1 fully saturated rings. The summed E-state index contributed by atoms with van der Waals surface area (Å²) in [4.78, 5) is 8.37. The van der Waals surface area contributed by atoms with Gasteiger partial charge in [-0.15, -0.1) is 0 Å². The van der Waals surface area contributed by atoms with Crippen LogP contribution in [0.25, 0.3) is 11.0 Å². The molecule has 4 atom stereocenters. The number of fused-ring (bicyclic) bond motifs is 1. The lowest BCUT2D eigenvalue weighted by molar-refractivity contribution is -0.0948. The first-order chi connectivity index (χ1) is 10.3. The lowest BCUT2D eigenvalue weighted by atomic mass is 9.96. The number of halogens is 1. The third-order valence-corrected chi connectivity index (χ3v) is 4.83. The number of anilines is 1. The fraction of sp³-hybridized carbons (Fsp3) is 0.538. The highest BCUT2D eigenvalue weighted by molar-refractivity contribution is 14.1. The van der Waals surface area contributed by atoms with Gasteiger partial charge in [0.05, 0.1) is 17.7 Å². The molecule has 0 saturated carbocycles. The van der Waals surface area contributed by atoms with Crippen LogP contribution in [0, 0.1) is 10.5 Å². The van der Waals surface area contributed by atoms with Crippen molar-refractivity contribution in [3.05, 3.63) is 15.5 Å². The van der Waals surface area contributed by atoms with E-state index in [9.17, 15) is 15.3 Å². The number of nitrogens with two attached hydrogens (primary N) is 1. The molecule has 22 heavy (non-hydrogen) atoms. The summed E-state index contributed by atoms with van der Waals surface area (Å²) >= 11 is 2.14. The van der Waals surface area contributed by atoms with Crippen molar-refractivity contribution >= 4 is 39.6 Å². The maximum absolute atomic E-state index is 10.6. The monoisotopic (exact) mass is 420 g/mol. The number of ether oxygens (including phenoxy) is 1. The lowest BCUT2D eigenvalue weighted by Gasteiger charge is -2.27. The molecule has 1 aliphatic heterocycles. The fourth-order valence-corrected chi connectivity index (χ4v) is 3.79. The quantitative estimate of drug-likeness (QED) is 0.501. The van der Waals surface area contributed by atoms with Gasteiger partial charge in [-0.1, -0.05) is 0 Å². The van der Waals surface area contributed by atoms with Crippen LogP contribution >= 0.6 is 22.6 Å². The molecule has 1 unspecified atom stereocenters. The molecule has 0 aromatic carbocycles. The van der Waals surface area contributed by atoms with Gasteiger partial charge >= 0.3 is 0 Å². The molecule has 120 valence electrons. The van der Waals surface area contributed by atoms with Gasteiger partial charge in [0.15, 0.2) is 6.23 Å². The summed E-state index contributed by atoms with van der Waals surface area (Å²) in [6, 6.07) is 0. The Morgan fingerprint density at radius 1 is 1.50 bits per heavy atom. The third kappa shape index (κ3) is 2.19. The first kappa shape index (κ1) is 15.9. The number of rotatable bonds is 2. The zero-order valence-electron chi connectivity index (χ0n) is 12.1. The maximum atomic E-state index is 10.6. The van der Waals surface area contributed by atoms with Gasteiger partial charge in [-0.2, -0.15) is 4.98 Å². The number of aromatic nitrogens is 3. The predicted octanol–water partition coefficient (Wildman–Crippen LogP) is -0.0719. The Labute approximate surface area is 140 Å². The normalized spacial score (nSPS) is 32.0. The van der Waals surface area contributed by atoms with E-state index in [0.29, 0.717) is 5.65 Å². The van der Waals surface area contributed by atoms with Gasteiger partial charge in [-0.3, -0.25) is 0 Å². The fourth-order valence-electron chi connectivity index (χ4n) is 2.86. The van der Waals surface area contributed by atoms with Gasteiger partial charge in [0, 0.05) is 9.77 Å². The highest BCUT2D eigenvalue weighted by Gasteiger charge is 2.53. The zero-order valence-corrected chi connectivity index (χ0v) is 14.2. The summed E-state index contributed by atoms with van der Waals surface area (Å²) in [5, 5.41) is 30.8. The molecule has 2 aromatic heterocycles. The Bertz CT molecular complexity index is 732. The SMILES string of the molecule is Cc1nc(N)nc2c1c(I)cn2C1O[C@H](CO)[C@@H](O)[C@@]1(C)O. The number of nitrogen functional groups attached to an aromatic ring is 1. The minimum Gasteiger partial charge on any atom is -0.394 e. The molecule has 0 spiro atoms. The van der Waals surface area contributed by atoms with E-state index < -0.39 is 24.0 Å². The van der Waals surface area contributed by atoms with Crippen LogP contribution in [0.3, 0.4) is 0 Å². The Balaban J connectivity index is 2.19. The maximum Gasteiger partial charge on any atom is 0.222 e. The van der Waals surface area contributed by atoms with Crippen LogP contribution in [0.2, 0.25) is 0 Å². The van der Waals surface area contributed by atoms with E-state index in [0.717, 1.165) is 14.7 Å². The van der Waals surface area contributed by atoms with Crippen molar-refractivity contribution in [2.75, 3.05) is 12.3 Å². The zero-order chi connectivity index (χ0) is 16.2. The number of hydrogen-bond donors (Lipinski definition) is 4. The number of nitrogens with zero attached hydrogens (tertiary/aromatic N) is 3. The number of aliphatic hydroxyl groups excluding tert-OH is 2. The topological polar surface area (TPSA) is 127 Å². The van der Waals surface area contributed by atoms with E-state index in [4.69, 9.17) is 10.5 Å². The molecule has 0 radical (unpaired) electrons. The number of hydrogen-bond acceptors (Lipinski definition) is 7. The lowest BCUT2D eigenvalue weighted by Crippen LogP contribution is -2.44. The van der Waals surface area contributed by atoms with Crippen molar-refractivity contribution < 1.29 is 20.1 Å². The van der Waals surface area contributed by atoms with Crippen LogP contribution in [-0.2, 0) is 4.74 Å². The second-order valence-electron chi connectivity index (χ2n) is 5.63. The Morgan fingerprint density at radius 3 is 2.77 bits per heavy atom. The van der Waals surface area contributed by atoms with Gasteiger partial charge < -0.3 is 30.4 Å². The molecular formula is C13H17IN4O4. The van der Waals surface area contributed by atoms with Crippen LogP contribution < -0.4 is 5.73 Å². The highest BCUT2D eigenvalue weighted by atomic mass is 127. The predicted molar refractivity (Wildman–Crippen MR) is 87.0 cm³/mol. The molecule has 0 aliphatic carbocycles. The van der Waals surface area contributed by atoms with Gasteiger partial charge in [-0.25, -0.2) is 4.98 Å². The molecule has 0 amide bonds. The molecule has 8 nitrogen and oxygen atoms in total. The van der Waals surface area contributed by atoms with Gasteiger partial charge in [0.25, 0.3) is 0 Å². The standard InChI is InChI=1S/C13H17IN4O4/c1-5-8-6(14)3-18(10(8)17-12(15)16-5)11-13(2,21)9(20)7(4-19)22-11/h3,7,9,11,19-21H,4H2,1-2H3,(H2,15,16,17)/t7-,9-,11?,13-/m1/s1. The second-order valence-corrected chi connectivity index (χ2v) is 6.79. The highest BCUT2D eigenvalue weighted by Crippen LogP contribution is 2.40. The first-order valence-corrected chi connectivity index (χ1v) is 7.82. The summed E-state index contributed by atoms with van der Waals surface area (Å²) in [6.07, 6.45) is -1.20. The van der Waals surface area contributed by atoms with Crippen molar-refractivity contribution in [1.82, 2.24) is 14.5 Å². The van der Waals surface area contributed by atoms with E-state index >= 15 is 0 Å². The average molecular weight is 420 g/mol. The van der Waals surface area contributed by atoms with Crippen molar-refractivity contribution in [2.45, 2.75) is 37.9 Å². The van der Waals surface area contributed by atoms with Crippen LogP contribution in [0.15, 0.2) is 6.20 Å². The van der Waals surface area contributed by atoms with E-state index in [2.05, 4.69) is 32.6 Å². The summed E-state index contributed by atoms with van der Waals surface area (Å²) < 4.78 is 8.14. The molecule has 3 heterocycles. The van der Waals surface area contributed by atoms with E-state index in [-0.39, 0.29) is 12.6 Å². The van der Waals surface area contributed by atoms with Crippen molar-refractivity contribution in [2.24, 2.45) is 0 Å². The molecule has 0 bridgehead atoms. The minimum atomic E-state index is -1.57. The van der Waals surface area contributed by atoms with Crippen LogP contribution in [0.4, 0.5) is 5.95 Å². The molecule has 2 aromatic rings. The second kappa shape index (κ2) is 5.27. The molecule has 9 heteroatoms. The number of aliphatic hydroxyl groups is 3. The summed E-state index contributed by atoms with van der Waals surface area (Å²) in [5.74, 6) is 0.123. The van der Waals surface area contributed by atoms with Gasteiger partial charge in [0.1, 0.15) is 23.5 Å². The smallest absolute Gasteiger partial charge is 0.222 e. The Morgan fingerprint density at radius 2 is 2.18 bits per heavy atom. The minimum absolute atomic E-state index is 0.123. The first-order valence-electron chi connectivity index (χ1n) is 6.74. The third-order valence-electron chi connectivity index (χ3n) is 4.01. The molecule has 1 saturated heterocycles. The van der Waals surface area contributed by atoms with Crippen LogP contribution in [0.5, 0.6) is 0 Å². The van der Waals surface area contributed by atoms with Crippen molar-refractivity contribution in [3.63, 3.8) is 0 Å². The van der Waals surface area contributed by atoms with E-state index in [1.54, 1.807) is 10.8 Å². The van der Waals surface area contributed by atoms with Gasteiger partial charge in [-0.05, 0) is 36.4 Å². The molecule has 5 N–H and O–H groups in total. The Kier molecular flexibility index (Phi) is 3.80. The van der Waals surface area contributed by atoms with Crippen LogP contribution in [0.1, 0.15) is 18.8 Å². The van der Waals surface area contributed by atoms with E-state index in [1.807, 2.05) is 6.92 Å². The summed E-state index contributed by atoms with van der Waals surface area (Å²) in [6.45, 7) is 2.90. The van der Waals surface area contributed by atoms with Crippen molar-refractivity contribution in [1.29, 1.82) is 0 Å². The number of aryl methyl sites for hydroxylation is 1. The van der Waals surface area contributed by atoms with Gasteiger partial charge in [0.2, 0.25) is 5.95 Å². The molecule has 3 rings (SSSR count). The summed E-state index contributed by atoms with van der Waals surface area (Å²) in [5.41, 5.74) is 5.39. The van der Waals surface area contributed by atoms with E-state index in [1.165, 1.54) is 6.92 Å². The largest absolute Gasteiger partial charge is 0.394 e. The molecular weight excluding hydrogens is 403 g/mol. The summed E-state index contributed by atoms with van der Waals surface area (Å²) in [7, 11) is 0. The molecule has 1 aliphatic rings. The Hall–Kier alpha value is -1.01. The van der Waals surface area contributed by atoms with Crippen molar-refractivity contribution in [3.8, 4) is 0 Å².